The number of nitrogens with zero attached hydrogens (tertiary/aromatic N) is 4. The number of piperazine rings is 1. The molecule has 0 atom stereocenters. The van der Waals surface area contributed by atoms with Gasteiger partial charge in [0.25, 0.3) is 5.56 Å². The smallest absolute Gasteiger partial charge is 0.262 e. The lowest BCUT2D eigenvalue weighted by atomic mass is 10.2. The molecule has 1 fully saturated rings. The largest absolute Gasteiger partial charge is 0.383 e. The SMILES string of the molecule is COCCn1c(SCC(=O)N2CCN(c3ccccc3)CC2)nc2ccccc2c1=O. The van der Waals surface area contributed by atoms with Crippen LogP contribution >= 0.6 is 11.8 Å². The number of carbonyl (C=O) groups excluding carboxylic acids is 1. The fraction of sp³-hybridized carbons (Fsp3) is 0.348. The number of hydrogen-bond donors (Lipinski definition) is 0. The highest BCUT2D eigenvalue weighted by Crippen LogP contribution is 2.20. The highest BCUT2D eigenvalue weighted by molar-refractivity contribution is 7.99. The van der Waals surface area contributed by atoms with E-state index in [-0.39, 0.29) is 17.2 Å². The first kappa shape index (κ1) is 21.4. The number of rotatable bonds is 7. The van der Waals surface area contributed by atoms with E-state index in [0.717, 1.165) is 13.1 Å². The van der Waals surface area contributed by atoms with Crippen LogP contribution in [-0.2, 0) is 16.1 Å². The Morgan fingerprint density at radius 2 is 1.74 bits per heavy atom. The summed E-state index contributed by atoms with van der Waals surface area (Å²) in [6, 6.07) is 17.6. The molecule has 4 rings (SSSR count). The van der Waals surface area contributed by atoms with Crippen LogP contribution in [-0.4, -0.2) is 66.0 Å². The minimum atomic E-state index is -0.103. The van der Waals surface area contributed by atoms with Gasteiger partial charge in [-0.25, -0.2) is 4.98 Å². The standard InChI is InChI=1S/C23H26N4O3S/c1-30-16-15-27-22(29)19-9-5-6-10-20(19)24-23(27)31-17-21(28)26-13-11-25(12-14-26)18-7-3-2-4-8-18/h2-10H,11-17H2,1H3. The molecule has 1 aromatic heterocycles. The zero-order valence-corrected chi connectivity index (χ0v) is 18.4. The summed E-state index contributed by atoms with van der Waals surface area (Å²) in [6.07, 6.45) is 0. The van der Waals surface area contributed by atoms with Crippen LogP contribution in [0.1, 0.15) is 0 Å². The quantitative estimate of drug-likeness (QED) is 0.417. The van der Waals surface area contributed by atoms with Gasteiger partial charge in [-0.1, -0.05) is 42.1 Å². The molecule has 1 amide bonds. The summed E-state index contributed by atoms with van der Waals surface area (Å²) in [5.74, 6) is 0.321. The second-order valence-corrected chi connectivity index (χ2v) is 8.30. The van der Waals surface area contributed by atoms with Crippen molar-refractivity contribution in [2.24, 2.45) is 0 Å². The number of amides is 1. The lowest BCUT2D eigenvalue weighted by Gasteiger charge is -2.36. The number of carbonyl (C=O) groups is 1. The second-order valence-electron chi connectivity index (χ2n) is 7.35. The Bertz CT molecular complexity index is 1090. The number of anilines is 1. The molecule has 7 nitrogen and oxygen atoms in total. The van der Waals surface area contributed by atoms with Gasteiger partial charge in [-0.3, -0.25) is 14.2 Å². The van der Waals surface area contributed by atoms with Crippen molar-refractivity contribution in [3.63, 3.8) is 0 Å². The topological polar surface area (TPSA) is 67.7 Å². The Labute approximate surface area is 185 Å². The van der Waals surface area contributed by atoms with Gasteiger partial charge >= 0.3 is 0 Å². The summed E-state index contributed by atoms with van der Waals surface area (Å²) in [4.78, 5) is 34.6. The van der Waals surface area contributed by atoms with Crippen LogP contribution < -0.4 is 10.5 Å². The third kappa shape index (κ3) is 4.91. The summed E-state index contributed by atoms with van der Waals surface area (Å²) in [7, 11) is 1.60. The lowest BCUT2D eigenvalue weighted by Crippen LogP contribution is -2.49. The first-order valence-corrected chi connectivity index (χ1v) is 11.3. The Balaban J connectivity index is 1.43. The predicted molar refractivity (Wildman–Crippen MR) is 124 cm³/mol. The van der Waals surface area contributed by atoms with E-state index < -0.39 is 0 Å². The van der Waals surface area contributed by atoms with Gasteiger partial charge in [0, 0.05) is 39.0 Å². The van der Waals surface area contributed by atoms with Gasteiger partial charge in [-0.2, -0.15) is 0 Å². The van der Waals surface area contributed by atoms with Crippen LogP contribution in [0.15, 0.2) is 64.5 Å². The van der Waals surface area contributed by atoms with Crippen LogP contribution in [0.2, 0.25) is 0 Å². The molecule has 0 bridgehead atoms. The molecule has 3 aromatic rings. The van der Waals surface area contributed by atoms with Crippen LogP contribution in [0, 0.1) is 0 Å². The van der Waals surface area contributed by atoms with Crippen molar-refractivity contribution in [2.75, 3.05) is 50.5 Å². The maximum atomic E-state index is 12.9. The average molecular weight is 439 g/mol. The minimum Gasteiger partial charge on any atom is -0.383 e. The van der Waals surface area contributed by atoms with E-state index in [1.54, 1.807) is 17.7 Å². The summed E-state index contributed by atoms with van der Waals surface area (Å²) in [6.45, 7) is 3.81. The molecule has 0 spiro atoms. The van der Waals surface area contributed by atoms with E-state index in [1.165, 1.54) is 17.4 Å². The summed E-state index contributed by atoms with van der Waals surface area (Å²) < 4.78 is 6.77. The number of ether oxygens (including phenoxy) is 1. The average Bonchev–Trinajstić information content (AvgIpc) is 2.83. The van der Waals surface area contributed by atoms with Crippen molar-refractivity contribution in [1.29, 1.82) is 0 Å². The van der Waals surface area contributed by atoms with Gasteiger partial charge in [0.1, 0.15) is 0 Å². The molecule has 2 aromatic carbocycles. The molecule has 1 aliphatic heterocycles. The summed E-state index contributed by atoms with van der Waals surface area (Å²) in [5, 5.41) is 1.13. The zero-order valence-electron chi connectivity index (χ0n) is 17.6. The van der Waals surface area contributed by atoms with Crippen molar-refractivity contribution < 1.29 is 9.53 Å². The molecule has 162 valence electrons. The van der Waals surface area contributed by atoms with Crippen molar-refractivity contribution in [1.82, 2.24) is 14.5 Å². The third-order valence-electron chi connectivity index (χ3n) is 5.42. The Morgan fingerprint density at radius 3 is 2.48 bits per heavy atom. The number of aromatic nitrogens is 2. The van der Waals surface area contributed by atoms with E-state index in [2.05, 4.69) is 22.0 Å². The van der Waals surface area contributed by atoms with E-state index in [4.69, 9.17) is 4.74 Å². The molecule has 31 heavy (non-hydrogen) atoms. The molecule has 0 unspecified atom stereocenters. The Kier molecular flexibility index (Phi) is 6.89. The highest BCUT2D eigenvalue weighted by Gasteiger charge is 2.22. The van der Waals surface area contributed by atoms with E-state index >= 15 is 0 Å². The van der Waals surface area contributed by atoms with Crippen LogP contribution in [0.4, 0.5) is 5.69 Å². The van der Waals surface area contributed by atoms with E-state index in [0.29, 0.717) is 42.3 Å². The van der Waals surface area contributed by atoms with Crippen molar-refractivity contribution >= 4 is 34.3 Å². The predicted octanol–water partition coefficient (Wildman–Crippen LogP) is 2.48. The number of methoxy groups -OCH3 is 1. The van der Waals surface area contributed by atoms with Crippen LogP contribution in [0.3, 0.4) is 0 Å². The number of thioether (sulfide) groups is 1. The number of hydrogen-bond acceptors (Lipinski definition) is 6. The van der Waals surface area contributed by atoms with Gasteiger partial charge < -0.3 is 14.5 Å². The molecule has 1 aliphatic rings. The molecule has 0 N–H and O–H groups in total. The molecule has 0 saturated carbocycles. The number of para-hydroxylation sites is 2. The van der Waals surface area contributed by atoms with Crippen molar-refractivity contribution in [3.8, 4) is 0 Å². The third-order valence-corrected chi connectivity index (χ3v) is 6.39. The first-order valence-electron chi connectivity index (χ1n) is 10.4. The van der Waals surface area contributed by atoms with Gasteiger partial charge in [-0.05, 0) is 24.3 Å². The number of benzene rings is 2. The van der Waals surface area contributed by atoms with Crippen molar-refractivity contribution in [2.45, 2.75) is 11.7 Å². The minimum absolute atomic E-state index is 0.0680. The van der Waals surface area contributed by atoms with Gasteiger partial charge in [0.2, 0.25) is 5.91 Å². The molecule has 2 heterocycles. The maximum Gasteiger partial charge on any atom is 0.262 e. The molecule has 0 radical (unpaired) electrons. The number of fused-ring (bicyclic) bond motifs is 1. The molecule has 0 aliphatic carbocycles. The maximum absolute atomic E-state index is 12.9. The first-order chi connectivity index (χ1) is 15.2. The summed E-state index contributed by atoms with van der Waals surface area (Å²) >= 11 is 1.32. The molecular weight excluding hydrogens is 412 g/mol. The van der Waals surface area contributed by atoms with Gasteiger partial charge in [0.05, 0.1) is 29.8 Å². The van der Waals surface area contributed by atoms with Crippen LogP contribution in [0.25, 0.3) is 10.9 Å². The molecule has 8 heteroatoms. The second kappa shape index (κ2) is 9.98. The fourth-order valence-electron chi connectivity index (χ4n) is 3.71. The van der Waals surface area contributed by atoms with Gasteiger partial charge in [0.15, 0.2) is 5.16 Å². The zero-order chi connectivity index (χ0) is 21.6. The monoisotopic (exact) mass is 438 g/mol. The van der Waals surface area contributed by atoms with E-state index in [1.807, 2.05) is 41.3 Å². The molecular formula is C23H26N4O3S. The fourth-order valence-corrected chi connectivity index (χ4v) is 4.64. The highest BCUT2D eigenvalue weighted by atomic mass is 32.2. The summed E-state index contributed by atoms with van der Waals surface area (Å²) in [5.41, 5.74) is 1.73. The molecule has 1 saturated heterocycles. The Morgan fingerprint density at radius 1 is 1.03 bits per heavy atom. The van der Waals surface area contributed by atoms with Crippen molar-refractivity contribution in [3.05, 3.63) is 65.0 Å². The normalized spacial score (nSPS) is 14.2. The van der Waals surface area contributed by atoms with E-state index in [9.17, 15) is 9.59 Å². The van der Waals surface area contributed by atoms with Gasteiger partial charge in [-0.15, -0.1) is 0 Å². The lowest BCUT2D eigenvalue weighted by molar-refractivity contribution is -0.128. The van der Waals surface area contributed by atoms with Crippen LogP contribution in [0.5, 0.6) is 0 Å². The Hall–Kier alpha value is -2.84.